The Morgan fingerprint density at radius 3 is 3.00 bits per heavy atom. The maximum Gasteiger partial charge on any atom is 0.227 e. The standard InChI is InChI=1S/C10H19N3OS/c1-3-7-15-8-9-12-10(14-13-9)5-6-11-4-2/h11H,3-8H2,1-2H3. The summed E-state index contributed by atoms with van der Waals surface area (Å²) in [7, 11) is 0. The predicted molar refractivity (Wildman–Crippen MR) is 63.0 cm³/mol. The third-order valence-corrected chi connectivity index (χ3v) is 3.01. The highest BCUT2D eigenvalue weighted by Gasteiger charge is 2.05. The van der Waals surface area contributed by atoms with E-state index in [1.165, 1.54) is 6.42 Å². The minimum atomic E-state index is 0.739. The lowest BCUT2D eigenvalue weighted by molar-refractivity contribution is 0.372. The van der Waals surface area contributed by atoms with Gasteiger partial charge in [-0.05, 0) is 18.7 Å². The topological polar surface area (TPSA) is 51.0 Å². The van der Waals surface area contributed by atoms with Crippen LogP contribution in [0.25, 0.3) is 0 Å². The predicted octanol–water partition coefficient (Wildman–Crippen LogP) is 1.86. The first-order valence-electron chi connectivity index (χ1n) is 5.46. The van der Waals surface area contributed by atoms with Gasteiger partial charge in [0.15, 0.2) is 5.82 Å². The summed E-state index contributed by atoms with van der Waals surface area (Å²) in [6.07, 6.45) is 2.01. The second kappa shape index (κ2) is 7.70. The second-order valence-electron chi connectivity index (χ2n) is 3.26. The normalized spacial score (nSPS) is 10.8. The molecule has 1 aromatic heterocycles. The fraction of sp³-hybridized carbons (Fsp3) is 0.800. The SMILES string of the molecule is CCCSCc1noc(CCNCC)n1. The van der Waals surface area contributed by atoms with E-state index in [9.17, 15) is 0 Å². The van der Waals surface area contributed by atoms with Gasteiger partial charge in [0.1, 0.15) is 0 Å². The molecule has 0 radical (unpaired) electrons. The quantitative estimate of drug-likeness (QED) is 0.690. The number of thioether (sulfide) groups is 1. The van der Waals surface area contributed by atoms with Crippen LogP contribution >= 0.6 is 11.8 Å². The van der Waals surface area contributed by atoms with E-state index < -0.39 is 0 Å². The van der Waals surface area contributed by atoms with Crippen LogP contribution in [0.3, 0.4) is 0 Å². The fourth-order valence-electron chi connectivity index (χ4n) is 1.13. The van der Waals surface area contributed by atoms with Crippen molar-refractivity contribution in [3.05, 3.63) is 11.7 Å². The zero-order chi connectivity index (χ0) is 10.9. The van der Waals surface area contributed by atoms with Crippen LogP contribution in [0.15, 0.2) is 4.52 Å². The van der Waals surface area contributed by atoms with Crippen molar-refractivity contribution in [1.82, 2.24) is 15.5 Å². The Bertz CT molecular complexity index is 240. The maximum absolute atomic E-state index is 5.13. The van der Waals surface area contributed by atoms with Crippen molar-refractivity contribution in [3.8, 4) is 0 Å². The molecule has 0 aliphatic carbocycles. The highest BCUT2D eigenvalue weighted by Crippen LogP contribution is 2.10. The lowest BCUT2D eigenvalue weighted by Crippen LogP contribution is -2.16. The van der Waals surface area contributed by atoms with Crippen molar-refractivity contribution < 1.29 is 4.52 Å². The molecule has 0 saturated carbocycles. The number of hydrogen-bond donors (Lipinski definition) is 1. The zero-order valence-electron chi connectivity index (χ0n) is 9.45. The summed E-state index contributed by atoms with van der Waals surface area (Å²) >= 11 is 1.85. The number of nitrogens with one attached hydrogen (secondary N) is 1. The maximum atomic E-state index is 5.13. The molecule has 0 aliphatic heterocycles. The van der Waals surface area contributed by atoms with Crippen LogP contribution in [0.5, 0.6) is 0 Å². The Kier molecular flexibility index (Phi) is 6.43. The molecule has 0 aliphatic rings. The number of aromatic nitrogens is 2. The van der Waals surface area contributed by atoms with Gasteiger partial charge in [0.05, 0.1) is 5.75 Å². The molecule has 86 valence electrons. The zero-order valence-corrected chi connectivity index (χ0v) is 10.3. The molecule has 0 bridgehead atoms. The van der Waals surface area contributed by atoms with E-state index in [0.29, 0.717) is 0 Å². The lowest BCUT2D eigenvalue weighted by atomic mass is 10.4. The van der Waals surface area contributed by atoms with Gasteiger partial charge in [-0.15, -0.1) is 0 Å². The van der Waals surface area contributed by atoms with Crippen LogP contribution in [-0.4, -0.2) is 29.0 Å². The van der Waals surface area contributed by atoms with Gasteiger partial charge in [-0.3, -0.25) is 0 Å². The molecule has 0 saturated heterocycles. The van der Waals surface area contributed by atoms with Gasteiger partial charge >= 0.3 is 0 Å². The van der Waals surface area contributed by atoms with E-state index in [0.717, 1.165) is 42.7 Å². The van der Waals surface area contributed by atoms with E-state index in [4.69, 9.17) is 4.52 Å². The van der Waals surface area contributed by atoms with E-state index in [-0.39, 0.29) is 0 Å². The second-order valence-corrected chi connectivity index (χ2v) is 4.37. The summed E-state index contributed by atoms with van der Waals surface area (Å²) in [5, 5.41) is 7.16. The first-order valence-corrected chi connectivity index (χ1v) is 6.62. The molecule has 0 unspecified atom stereocenters. The minimum absolute atomic E-state index is 0.739. The summed E-state index contributed by atoms with van der Waals surface area (Å²) in [5.74, 6) is 3.57. The van der Waals surface area contributed by atoms with Crippen LogP contribution < -0.4 is 5.32 Å². The highest BCUT2D eigenvalue weighted by molar-refractivity contribution is 7.98. The van der Waals surface area contributed by atoms with Crippen LogP contribution in [0.4, 0.5) is 0 Å². The fourth-order valence-corrected chi connectivity index (χ4v) is 1.86. The largest absolute Gasteiger partial charge is 0.339 e. The molecular weight excluding hydrogens is 210 g/mol. The molecule has 15 heavy (non-hydrogen) atoms. The van der Waals surface area contributed by atoms with E-state index >= 15 is 0 Å². The van der Waals surface area contributed by atoms with Gasteiger partial charge in [0, 0.05) is 13.0 Å². The van der Waals surface area contributed by atoms with Crippen molar-refractivity contribution in [2.24, 2.45) is 0 Å². The summed E-state index contributed by atoms with van der Waals surface area (Å²) < 4.78 is 5.13. The molecule has 0 spiro atoms. The molecular formula is C10H19N3OS. The first-order chi connectivity index (χ1) is 7.36. The number of hydrogen-bond acceptors (Lipinski definition) is 5. The third-order valence-electron chi connectivity index (χ3n) is 1.86. The summed E-state index contributed by atoms with van der Waals surface area (Å²) in [4.78, 5) is 4.32. The van der Waals surface area contributed by atoms with Gasteiger partial charge < -0.3 is 9.84 Å². The molecule has 0 atom stereocenters. The van der Waals surface area contributed by atoms with E-state index in [1.807, 2.05) is 11.8 Å². The highest BCUT2D eigenvalue weighted by atomic mass is 32.2. The third kappa shape index (κ3) is 5.18. The summed E-state index contributed by atoms with van der Waals surface area (Å²) in [5.41, 5.74) is 0. The van der Waals surface area contributed by atoms with Crippen LogP contribution in [-0.2, 0) is 12.2 Å². The molecule has 1 rings (SSSR count). The number of rotatable bonds is 8. The average Bonchev–Trinajstić information content (AvgIpc) is 2.67. The minimum Gasteiger partial charge on any atom is -0.339 e. The van der Waals surface area contributed by atoms with Crippen molar-refractivity contribution in [2.75, 3.05) is 18.8 Å². The smallest absolute Gasteiger partial charge is 0.227 e. The van der Waals surface area contributed by atoms with E-state index in [1.54, 1.807) is 0 Å². The number of likely N-dealkylation sites (N-methyl/N-ethyl adjacent to an activating group) is 1. The Hall–Kier alpha value is -0.550. The molecule has 0 aromatic carbocycles. The van der Waals surface area contributed by atoms with Crippen molar-refractivity contribution >= 4 is 11.8 Å². The Labute approximate surface area is 95.2 Å². The molecule has 0 amide bonds. The molecule has 4 nitrogen and oxygen atoms in total. The van der Waals surface area contributed by atoms with Crippen molar-refractivity contribution in [1.29, 1.82) is 0 Å². The van der Waals surface area contributed by atoms with Crippen molar-refractivity contribution in [3.63, 3.8) is 0 Å². The summed E-state index contributed by atoms with van der Waals surface area (Å²) in [6.45, 7) is 6.14. The monoisotopic (exact) mass is 229 g/mol. The van der Waals surface area contributed by atoms with Crippen LogP contribution in [0, 0.1) is 0 Å². The Morgan fingerprint density at radius 1 is 1.40 bits per heavy atom. The molecule has 5 heteroatoms. The molecule has 1 aromatic rings. The van der Waals surface area contributed by atoms with Gasteiger partial charge in [0.25, 0.3) is 0 Å². The van der Waals surface area contributed by atoms with Crippen LogP contribution in [0.1, 0.15) is 32.0 Å². The molecule has 1 heterocycles. The number of nitrogens with zero attached hydrogens (tertiary/aromatic N) is 2. The summed E-state index contributed by atoms with van der Waals surface area (Å²) in [6, 6.07) is 0. The average molecular weight is 229 g/mol. The van der Waals surface area contributed by atoms with Gasteiger partial charge in [-0.2, -0.15) is 16.7 Å². The molecule has 1 N–H and O–H groups in total. The lowest BCUT2D eigenvalue weighted by Gasteiger charge is -1.95. The van der Waals surface area contributed by atoms with Crippen molar-refractivity contribution in [2.45, 2.75) is 32.4 Å². The Balaban J connectivity index is 2.23. The first kappa shape index (κ1) is 12.5. The Morgan fingerprint density at radius 2 is 2.27 bits per heavy atom. The van der Waals surface area contributed by atoms with Gasteiger partial charge in [-0.1, -0.05) is 19.0 Å². The van der Waals surface area contributed by atoms with Gasteiger partial charge in [-0.25, -0.2) is 0 Å². The van der Waals surface area contributed by atoms with E-state index in [2.05, 4.69) is 29.3 Å². The van der Waals surface area contributed by atoms with Gasteiger partial charge in [0.2, 0.25) is 5.89 Å². The molecule has 0 fully saturated rings. The van der Waals surface area contributed by atoms with Crippen LogP contribution in [0.2, 0.25) is 0 Å².